The van der Waals surface area contributed by atoms with Crippen LogP contribution < -0.4 is 10.1 Å². The molecule has 1 rings (SSSR count). The van der Waals surface area contributed by atoms with Crippen LogP contribution in [0.4, 0.5) is 0 Å². The monoisotopic (exact) mass is 229 g/mol. The third-order valence-electron chi connectivity index (χ3n) is 1.81. The molecule has 0 heterocycles. The summed E-state index contributed by atoms with van der Waals surface area (Å²) in [4.78, 5) is 11.5. The molecule has 0 fully saturated rings. The number of nitrogens with one attached hydrogen (secondary N) is 1. The standard InChI is InChI=1S/C10H12ClNO3/c1-15-9-6-7(11)2-3-8(9)10(14)12-4-5-13/h2-3,6,13H,4-5H2,1H3,(H,12,14). The Labute approximate surface area is 92.8 Å². The summed E-state index contributed by atoms with van der Waals surface area (Å²) in [5.41, 5.74) is 0.398. The Bertz CT molecular complexity index is 355. The van der Waals surface area contributed by atoms with Crippen molar-refractivity contribution >= 4 is 17.5 Å². The van der Waals surface area contributed by atoms with E-state index in [9.17, 15) is 4.79 Å². The number of hydrogen-bond acceptors (Lipinski definition) is 3. The van der Waals surface area contributed by atoms with Crippen LogP contribution in [0.3, 0.4) is 0 Å². The van der Waals surface area contributed by atoms with E-state index < -0.39 is 0 Å². The number of benzene rings is 1. The average Bonchev–Trinajstić information content (AvgIpc) is 2.25. The van der Waals surface area contributed by atoms with Crippen molar-refractivity contribution in [3.05, 3.63) is 28.8 Å². The van der Waals surface area contributed by atoms with Gasteiger partial charge in [-0.15, -0.1) is 0 Å². The van der Waals surface area contributed by atoms with Gasteiger partial charge in [-0.25, -0.2) is 0 Å². The molecule has 0 saturated carbocycles. The SMILES string of the molecule is COc1cc(Cl)ccc1C(=O)NCCO. The minimum Gasteiger partial charge on any atom is -0.496 e. The summed E-state index contributed by atoms with van der Waals surface area (Å²) in [6.45, 7) is 0.117. The third kappa shape index (κ3) is 3.11. The second kappa shape index (κ2) is 5.58. The summed E-state index contributed by atoms with van der Waals surface area (Å²) in [6.07, 6.45) is 0. The molecule has 0 aliphatic rings. The van der Waals surface area contributed by atoms with E-state index in [-0.39, 0.29) is 19.1 Å². The highest BCUT2D eigenvalue weighted by Crippen LogP contribution is 2.22. The molecule has 0 bridgehead atoms. The Morgan fingerprint density at radius 3 is 2.93 bits per heavy atom. The summed E-state index contributed by atoms with van der Waals surface area (Å²) in [5.74, 6) is 0.121. The van der Waals surface area contributed by atoms with Gasteiger partial charge < -0.3 is 15.2 Å². The van der Waals surface area contributed by atoms with Crippen LogP contribution >= 0.6 is 11.6 Å². The van der Waals surface area contributed by atoms with Crippen molar-refractivity contribution in [2.24, 2.45) is 0 Å². The van der Waals surface area contributed by atoms with Gasteiger partial charge in [0.05, 0.1) is 19.3 Å². The summed E-state index contributed by atoms with van der Waals surface area (Å²) >= 11 is 5.75. The van der Waals surface area contributed by atoms with Crippen LogP contribution in [-0.2, 0) is 0 Å². The molecule has 15 heavy (non-hydrogen) atoms. The van der Waals surface area contributed by atoms with Crippen LogP contribution in [0.2, 0.25) is 5.02 Å². The van der Waals surface area contributed by atoms with Crippen molar-refractivity contribution in [3.8, 4) is 5.75 Å². The van der Waals surface area contributed by atoms with Crippen LogP contribution in [0.25, 0.3) is 0 Å². The molecule has 0 atom stereocenters. The van der Waals surface area contributed by atoms with Crippen molar-refractivity contribution in [2.45, 2.75) is 0 Å². The Hall–Kier alpha value is -1.26. The highest BCUT2D eigenvalue weighted by Gasteiger charge is 2.11. The van der Waals surface area contributed by atoms with Crippen molar-refractivity contribution < 1.29 is 14.6 Å². The van der Waals surface area contributed by atoms with Crippen molar-refractivity contribution in [1.29, 1.82) is 0 Å². The zero-order chi connectivity index (χ0) is 11.3. The van der Waals surface area contributed by atoms with Gasteiger partial charge in [0, 0.05) is 11.6 Å². The first-order valence-corrected chi connectivity index (χ1v) is 4.79. The van der Waals surface area contributed by atoms with E-state index in [1.807, 2.05) is 0 Å². The maximum atomic E-state index is 11.5. The molecule has 1 amide bonds. The lowest BCUT2D eigenvalue weighted by Crippen LogP contribution is -2.26. The number of carbonyl (C=O) groups is 1. The number of hydrogen-bond donors (Lipinski definition) is 2. The average molecular weight is 230 g/mol. The number of aliphatic hydroxyl groups excluding tert-OH is 1. The first kappa shape index (κ1) is 11.8. The molecule has 0 spiro atoms. The van der Waals surface area contributed by atoms with Gasteiger partial charge >= 0.3 is 0 Å². The Morgan fingerprint density at radius 2 is 2.33 bits per heavy atom. The molecule has 1 aromatic rings. The van der Waals surface area contributed by atoms with Crippen molar-refractivity contribution in [3.63, 3.8) is 0 Å². The molecule has 4 nitrogen and oxygen atoms in total. The van der Waals surface area contributed by atoms with Gasteiger partial charge in [0.2, 0.25) is 0 Å². The van der Waals surface area contributed by atoms with Gasteiger partial charge in [0.25, 0.3) is 5.91 Å². The summed E-state index contributed by atoms with van der Waals surface area (Å²) < 4.78 is 5.02. The molecule has 0 saturated heterocycles. The number of methoxy groups -OCH3 is 1. The molecule has 0 aliphatic carbocycles. The summed E-state index contributed by atoms with van der Waals surface area (Å²) in [6, 6.07) is 4.75. The van der Waals surface area contributed by atoms with E-state index in [1.54, 1.807) is 18.2 Å². The molecule has 2 N–H and O–H groups in total. The number of aliphatic hydroxyl groups is 1. The van der Waals surface area contributed by atoms with E-state index in [2.05, 4.69) is 5.32 Å². The zero-order valence-electron chi connectivity index (χ0n) is 8.29. The molecule has 0 aromatic heterocycles. The van der Waals surface area contributed by atoms with Crippen LogP contribution in [0, 0.1) is 0 Å². The van der Waals surface area contributed by atoms with E-state index in [0.29, 0.717) is 16.3 Å². The Kier molecular flexibility index (Phi) is 4.39. The molecule has 5 heteroatoms. The fourth-order valence-electron chi connectivity index (χ4n) is 1.12. The normalized spacial score (nSPS) is 9.80. The van der Waals surface area contributed by atoms with Crippen LogP contribution in [0.1, 0.15) is 10.4 Å². The predicted octanol–water partition coefficient (Wildman–Crippen LogP) is 1.07. The van der Waals surface area contributed by atoms with E-state index in [4.69, 9.17) is 21.4 Å². The maximum absolute atomic E-state index is 11.5. The minimum atomic E-state index is -0.294. The third-order valence-corrected chi connectivity index (χ3v) is 2.04. The van der Waals surface area contributed by atoms with E-state index >= 15 is 0 Å². The lowest BCUT2D eigenvalue weighted by molar-refractivity contribution is 0.0942. The van der Waals surface area contributed by atoms with Gasteiger partial charge in [-0.05, 0) is 18.2 Å². The smallest absolute Gasteiger partial charge is 0.255 e. The predicted molar refractivity (Wildman–Crippen MR) is 57.4 cm³/mol. The number of halogens is 1. The fraction of sp³-hybridized carbons (Fsp3) is 0.300. The fourth-order valence-corrected chi connectivity index (χ4v) is 1.28. The maximum Gasteiger partial charge on any atom is 0.255 e. The van der Waals surface area contributed by atoms with Crippen LogP contribution in [-0.4, -0.2) is 31.3 Å². The largest absolute Gasteiger partial charge is 0.496 e. The van der Waals surface area contributed by atoms with Crippen molar-refractivity contribution in [1.82, 2.24) is 5.32 Å². The van der Waals surface area contributed by atoms with Gasteiger partial charge in [0.15, 0.2) is 0 Å². The number of ether oxygens (including phenoxy) is 1. The van der Waals surface area contributed by atoms with Gasteiger partial charge in [-0.3, -0.25) is 4.79 Å². The molecule has 0 unspecified atom stereocenters. The lowest BCUT2D eigenvalue weighted by Gasteiger charge is -2.08. The molecule has 0 aliphatic heterocycles. The Balaban J connectivity index is 2.87. The van der Waals surface area contributed by atoms with Crippen LogP contribution in [0.15, 0.2) is 18.2 Å². The van der Waals surface area contributed by atoms with Crippen LogP contribution in [0.5, 0.6) is 5.75 Å². The highest BCUT2D eigenvalue weighted by molar-refractivity contribution is 6.30. The first-order valence-electron chi connectivity index (χ1n) is 4.41. The summed E-state index contributed by atoms with van der Waals surface area (Å²) in [7, 11) is 1.47. The second-order valence-corrected chi connectivity index (χ2v) is 3.26. The van der Waals surface area contributed by atoms with Crippen molar-refractivity contribution in [2.75, 3.05) is 20.3 Å². The van der Waals surface area contributed by atoms with E-state index in [0.717, 1.165) is 0 Å². The first-order chi connectivity index (χ1) is 7.19. The highest BCUT2D eigenvalue weighted by atomic mass is 35.5. The zero-order valence-corrected chi connectivity index (χ0v) is 9.04. The lowest BCUT2D eigenvalue weighted by atomic mass is 10.2. The van der Waals surface area contributed by atoms with Gasteiger partial charge in [-0.2, -0.15) is 0 Å². The molecular weight excluding hydrogens is 218 g/mol. The van der Waals surface area contributed by atoms with E-state index in [1.165, 1.54) is 7.11 Å². The van der Waals surface area contributed by atoms with Gasteiger partial charge in [-0.1, -0.05) is 11.6 Å². The Morgan fingerprint density at radius 1 is 1.60 bits per heavy atom. The molecule has 1 aromatic carbocycles. The molecular formula is C10H12ClNO3. The van der Waals surface area contributed by atoms with Gasteiger partial charge in [0.1, 0.15) is 5.75 Å². The number of carbonyl (C=O) groups excluding carboxylic acids is 1. The minimum absolute atomic E-state index is 0.0956. The number of rotatable bonds is 4. The second-order valence-electron chi connectivity index (χ2n) is 2.82. The summed E-state index contributed by atoms with van der Waals surface area (Å²) in [5, 5.41) is 11.6. The molecule has 0 radical (unpaired) electrons. The molecule has 82 valence electrons. The topological polar surface area (TPSA) is 58.6 Å². The quantitative estimate of drug-likeness (QED) is 0.812. The number of amides is 1.